The van der Waals surface area contributed by atoms with Gasteiger partial charge in [0, 0.05) is 5.38 Å². The number of imide groups is 1. The van der Waals surface area contributed by atoms with Gasteiger partial charge in [0.1, 0.15) is 12.1 Å². The van der Waals surface area contributed by atoms with E-state index in [1.54, 1.807) is 16.8 Å². The number of carbonyl (C=O) groups excluding carboxylic acids is 4. The van der Waals surface area contributed by atoms with Crippen molar-refractivity contribution in [2.45, 2.75) is 37.6 Å². The Kier molecular flexibility index (Phi) is 4.66. The Morgan fingerprint density at radius 2 is 2.00 bits per heavy atom. The van der Waals surface area contributed by atoms with E-state index in [-0.39, 0.29) is 6.54 Å². The van der Waals surface area contributed by atoms with Crippen LogP contribution in [0.25, 0.3) is 0 Å². The molecule has 0 aromatic carbocycles. The lowest BCUT2D eigenvalue weighted by Crippen LogP contribution is -2.69. The van der Waals surface area contributed by atoms with Crippen molar-refractivity contribution in [3.63, 3.8) is 0 Å². The molecule has 2 fully saturated rings. The van der Waals surface area contributed by atoms with Gasteiger partial charge in [-0.15, -0.1) is 0 Å². The number of hydrogen-bond donors (Lipinski definition) is 1. The molecule has 2 aliphatic rings. The summed E-state index contributed by atoms with van der Waals surface area (Å²) in [5.74, 6) is -2.02. The minimum Gasteiger partial charge on any atom is -0.452 e. The highest BCUT2D eigenvalue weighted by atomic mass is 32.1. The van der Waals surface area contributed by atoms with Gasteiger partial charge in [-0.2, -0.15) is 11.3 Å². The first kappa shape index (κ1) is 16.6. The van der Waals surface area contributed by atoms with Crippen molar-refractivity contribution in [1.82, 2.24) is 10.2 Å². The number of nitrogens with one attached hydrogen (secondary N) is 1. The zero-order valence-corrected chi connectivity index (χ0v) is 13.9. The lowest BCUT2D eigenvalue weighted by Gasteiger charge is -2.47. The Hall–Kier alpha value is -2.22. The number of carbonyl (C=O) groups is 4. The Morgan fingerprint density at radius 1 is 1.25 bits per heavy atom. The van der Waals surface area contributed by atoms with Crippen LogP contribution in [0.4, 0.5) is 0 Å². The van der Waals surface area contributed by atoms with Crippen LogP contribution in [0, 0.1) is 0 Å². The molecule has 1 aromatic heterocycles. The maximum Gasteiger partial charge on any atom is 0.339 e. The van der Waals surface area contributed by atoms with Crippen LogP contribution in [0.3, 0.4) is 0 Å². The molecular weight excluding hydrogens is 332 g/mol. The Bertz CT molecular complexity index is 664. The summed E-state index contributed by atoms with van der Waals surface area (Å²) in [6.45, 7) is -0.655. The molecule has 0 radical (unpaired) electrons. The van der Waals surface area contributed by atoms with Gasteiger partial charge in [0.05, 0.1) is 5.56 Å². The van der Waals surface area contributed by atoms with Crippen LogP contribution in [0.15, 0.2) is 16.8 Å². The summed E-state index contributed by atoms with van der Waals surface area (Å²) in [4.78, 5) is 49.8. The van der Waals surface area contributed by atoms with Crippen molar-refractivity contribution in [1.29, 1.82) is 0 Å². The van der Waals surface area contributed by atoms with Crippen LogP contribution in [0.1, 0.15) is 42.5 Å². The van der Waals surface area contributed by atoms with Gasteiger partial charge in [0.25, 0.3) is 11.8 Å². The molecule has 7 nitrogen and oxygen atoms in total. The lowest BCUT2D eigenvalue weighted by atomic mass is 9.78. The smallest absolute Gasteiger partial charge is 0.339 e. The van der Waals surface area contributed by atoms with Crippen molar-refractivity contribution in [2.24, 2.45) is 0 Å². The average molecular weight is 350 g/mol. The van der Waals surface area contributed by atoms with Crippen molar-refractivity contribution in [3.05, 3.63) is 22.4 Å². The number of nitrogens with zero attached hydrogens (tertiary/aromatic N) is 1. The van der Waals surface area contributed by atoms with Crippen molar-refractivity contribution in [3.8, 4) is 0 Å². The van der Waals surface area contributed by atoms with Crippen molar-refractivity contribution in [2.75, 3.05) is 13.2 Å². The highest BCUT2D eigenvalue weighted by molar-refractivity contribution is 7.08. The quantitative estimate of drug-likeness (QED) is 0.651. The van der Waals surface area contributed by atoms with E-state index in [9.17, 15) is 19.2 Å². The molecule has 1 aromatic rings. The van der Waals surface area contributed by atoms with E-state index in [4.69, 9.17) is 4.74 Å². The monoisotopic (exact) mass is 350 g/mol. The third kappa shape index (κ3) is 3.06. The standard InChI is InChI=1S/C16H18N2O5S/c19-12-8-18(16(15(22)17-12)5-2-1-3-6-16)13(20)9-23-14(21)11-4-7-24-10-11/h4,7,10H,1-3,5-6,8-9H2,(H,17,19,22). The second-order valence-electron chi connectivity index (χ2n) is 6.04. The molecule has 3 rings (SSSR count). The summed E-state index contributed by atoms with van der Waals surface area (Å²) < 4.78 is 5.04. The van der Waals surface area contributed by atoms with Gasteiger partial charge in [-0.1, -0.05) is 19.3 Å². The third-order valence-electron chi connectivity index (χ3n) is 4.56. The predicted octanol–water partition coefficient (Wildman–Crippen LogP) is 1.09. The van der Waals surface area contributed by atoms with E-state index in [0.717, 1.165) is 19.3 Å². The highest BCUT2D eigenvalue weighted by Crippen LogP contribution is 2.35. The summed E-state index contributed by atoms with van der Waals surface area (Å²) >= 11 is 1.35. The average Bonchev–Trinajstić information content (AvgIpc) is 3.11. The number of esters is 1. The first-order valence-corrected chi connectivity index (χ1v) is 8.81. The molecule has 2 heterocycles. The van der Waals surface area contributed by atoms with Gasteiger partial charge in [-0.25, -0.2) is 4.79 Å². The Morgan fingerprint density at radius 3 is 2.67 bits per heavy atom. The van der Waals surface area contributed by atoms with E-state index in [0.29, 0.717) is 18.4 Å². The van der Waals surface area contributed by atoms with E-state index in [1.165, 1.54) is 16.2 Å². The zero-order valence-electron chi connectivity index (χ0n) is 13.1. The molecule has 0 atom stereocenters. The SMILES string of the molecule is O=C1CN(C(=O)COC(=O)c2ccsc2)C2(CCCCC2)C(=O)N1. The van der Waals surface area contributed by atoms with Crippen LogP contribution in [0.2, 0.25) is 0 Å². The van der Waals surface area contributed by atoms with Gasteiger partial charge < -0.3 is 9.64 Å². The Balaban J connectivity index is 1.72. The second-order valence-corrected chi connectivity index (χ2v) is 6.82. The summed E-state index contributed by atoms with van der Waals surface area (Å²) in [5.41, 5.74) is -0.606. The molecule has 1 saturated carbocycles. The van der Waals surface area contributed by atoms with Crippen LogP contribution >= 0.6 is 11.3 Å². The lowest BCUT2D eigenvalue weighted by molar-refractivity contribution is -0.161. The van der Waals surface area contributed by atoms with Crippen LogP contribution in [-0.4, -0.2) is 47.3 Å². The van der Waals surface area contributed by atoms with E-state index < -0.39 is 35.8 Å². The summed E-state index contributed by atoms with van der Waals surface area (Å²) in [6.07, 6.45) is 3.69. The topological polar surface area (TPSA) is 92.8 Å². The minimum atomic E-state index is -0.988. The van der Waals surface area contributed by atoms with Crippen LogP contribution in [0.5, 0.6) is 0 Å². The largest absolute Gasteiger partial charge is 0.452 e. The van der Waals surface area contributed by atoms with E-state index in [2.05, 4.69) is 5.32 Å². The first-order chi connectivity index (χ1) is 11.5. The van der Waals surface area contributed by atoms with Crippen molar-refractivity contribution >= 4 is 35.0 Å². The molecule has 1 aliphatic heterocycles. The number of piperazine rings is 1. The highest BCUT2D eigenvalue weighted by Gasteiger charge is 2.50. The third-order valence-corrected chi connectivity index (χ3v) is 5.24. The van der Waals surface area contributed by atoms with Gasteiger partial charge >= 0.3 is 5.97 Å². The summed E-state index contributed by atoms with van der Waals surface area (Å²) in [5, 5.41) is 5.71. The summed E-state index contributed by atoms with van der Waals surface area (Å²) in [7, 11) is 0. The maximum absolute atomic E-state index is 12.6. The second kappa shape index (κ2) is 6.72. The fourth-order valence-corrected chi connectivity index (χ4v) is 3.95. The maximum atomic E-state index is 12.6. The molecule has 3 amide bonds. The van der Waals surface area contributed by atoms with Gasteiger partial charge in [0.15, 0.2) is 6.61 Å². The first-order valence-electron chi connectivity index (χ1n) is 7.87. The minimum absolute atomic E-state index is 0.180. The molecule has 1 spiro atoms. The number of rotatable bonds is 3. The fraction of sp³-hybridized carbons (Fsp3) is 0.500. The molecule has 0 bridgehead atoms. The molecule has 1 N–H and O–H groups in total. The molecule has 0 unspecified atom stereocenters. The normalized spacial score (nSPS) is 19.9. The van der Waals surface area contributed by atoms with E-state index >= 15 is 0 Å². The fourth-order valence-electron chi connectivity index (χ4n) is 3.33. The van der Waals surface area contributed by atoms with Crippen molar-refractivity contribution < 1.29 is 23.9 Å². The van der Waals surface area contributed by atoms with Gasteiger partial charge in [-0.05, 0) is 24.3 Å². The van der Waals surface area contributed by atoms with Crippen LogP contribution < -0.4 is 5.32 Å². The van der Waals surface area contributed by atoms with E-state index in [1.807, 2.05) is 0 Å². The zero-order chi connectivity index (χ0) is 17.2. The predicted molar refractivity (Wildman–Crippen MR) is 85.3 cm³/mol. The number of amides is 3. The molecule has 8 heteroatoms. The number of thiophene rings is 1. The van der Waals surface area contributed by atoms with Gasteiger partial charge in [0.2, 0.25) is 5.91 Å². The Labute approximate surface area is 143 Å². The number of hydrogen-bond acceptors (Lipinski definition) is 6. The number of ether oxygens (including phenoxy) is 1. The van der Waals surface area contributed by atoms with Crippen LogP contribution in [-0.2, 0) is 19.1 Å². The molecule has 1 saturated heterocycles. The molecule has 128 valence electrons. The molecule has 24 heavy (non-hydrogen) atoms. The molecule has 1 aliphatic carbocycles. The summed E-state index contributed by atoms with van der Waals surface area (Å²) in [6, 6.07) is 1.61. The molecular formula is C16H18N2O5S. The van der Waals surface area contributed by atoms with Gasteiger partial charge in [-0.3, -0.25) is 19.7 Å².